The van der Waals surface area contributed by atoms with Gasteiger partial charge in [0.15, 0.2) is 0 Å². The molecule has 0 bridgehead atoms. The van der Waals surface area contributed by atoms with Crippen molar-refractivity contribution in [3.8, 4) is 0 Å². The quantitative estimate of drug-likeness (QED) is 0.791. The van der Waals surface area contributed by atoms with E-state index in [1.54, 1.807) is 0 Å². The minimum absolute atomic E-state index is 0.00558. The number of nitrogens with one attached hydrogen (secondary N) is 1. The number of hydrogen-bond donors (Lipinski definition) is 2. The Morgan fingerprint density at radius 2 is 2.05 bits per heavy atom. The van der Waals surface area contributed by atoms with E-state index in [2.05, 4.69) is 17.2 Å². The summed E-state index contributed by atoms with van der Waals surface area (Å²) in [5, 5.41) is 0. The molecule has 0 aliphatic heterocycles. The van der Waals surface area contributed by atoms with Gasteiger partial charge in [0.25, 0.3) is 0 Å². The van der Waals surface area contributed by atoms with Crippen LogP contribution in [0.3, 0.4) is 0 Å². The number of thiocarbonyl (C=S) groups is 1. The summed E-state index contributed by atoms with van der Waals surface area (Å²) in [5.41, 5.74) is 5.51. The van der Waals surface area contributed by atoms with Crippen molar-refractivity contribution in [2.75, 3.05) is 6.54 Å². The van der Waals surface area contributed by atoms with Crippen LogP contribution in [-0.4, -0.2) is 31.1 Å². The molecule has 0 saturated carbocycles. The number of aromatic nitrogens is 1. The van der Waals surface area contributed by atoms with Crippen LogP contribution in [0.1, 0.15) is 12.1 Å². The fraction of sp³-hybridized carbons (Fsp3) is 0.333. The Morgan fingerprint density at radius 3 is 2.47 bits per heavy atom. The lowest BCUT2D eigenvalue weighted by molar-refractivity contribution is -0.132. The molecular formula is C9H10F3N3O2S2. The number of halogens is 3. The largest absolute Gasteiger partial charge is 0.390 e. The molecule has 0 radical (unpaired) electrons. The summed E-state index contributed by atoms with van der Waals surface area (Å²) in [5.74, 6) is 0. The molecule has 0 aromatic carbocycles. The third kappa shape index (κ3) is 5.09. The van der Waals surface area contributed by atoms with Crippen LogP contribution in [0.25, 0.3) is 0 Å². The highest BCUT2D eigenvalue weighted by Crippen LogP contribution is 2.18. The van der Waals surface area contributed by atoms with Gasteiger partial charge in [-0.15, -0.1) is 0 Å². The maximum atomic E-state index is 11.9. The van der Waals surface area contributed by atoms with Crippen LogP contribution < -0.4 is 10.5 Å². The zero-order valence-electron chi connectivity index (χ0n) is 9.44. The predicted molar refractivity (Wildman–Crippen MR) is 66.0 cm³/mol. The third-order valence-corrected chi connectivity index (χ3v) is 3.66. The number of pyridine rings is 1. The SMILES string of the molecule is NC(=S)c1ccc(S(=O)(=O)NCCC(F)(F)F)cn1. The Kier molecular flexibility index (Phi) is 4.82. The zero-order chi connectivity index (χ0) is 14.7. The molecule has 0 unspecified atom stereocenters. The standard InChI is InChI=1S/C9H10F3N3O2S2/c10-9(11,12)3-4-15-19(16,17)6-1-2-7(8(13)18)14-5-6/h1-2,5,15H,3-4H2,(H2,13,18). The first-order valence-corrected chi connectivity index (χ1v) is 6.83. The van der Waals surface area contributed by atoms with Gasteiger partial charge in [0.2, 0.25) is 10.0 Å². The van der Waals surface area contributed by atoms with Gasteiger partial charge in [0.05, 0.1) is 12.1 Å². The summed E-state index contributed by atoms with van der Waals surface area (Å²) < 4.78 is 60.8. The van der Waals surface area contributed by atoms with Crippen molar-refractivity contribution in [2.45, 2.75) is 17.5 Å². The molecule has 5 nitrogen and oxygen atoms in total. The lowest BCUT2D eigenvalue weighted by atomic mass is 10.3. The highest BCUT2D eigenvalue weighted by Gasteiger charge is 2.27. The van der Waals surface area contributed by atoms with E-state index in [4.69, 9.17) is 5.73 Å². The summed E-state index contributed by atoms with van der Waals surface area (Å²) >= 11 is 4.63. The minimum Gasteiger partial charge on any atom is -0.388 e. The minimum atomic E-state index is -4.42. The van der Waals surface area contributed by atoms with Crippen molar-refractivity contribution in [1.82, 2.24) is 9.71 Å². The number of alkyl halides is 3. The summed E-state index contributed by atoms with van der Waals surface area (Å²) in [6.07, 6.45) is -4.69. The van der Waals surface area contributed by atoms with Crippen molar-refractivity contribution in [3.63, 3.8) is 0 Å². The molecule has 0 amide bonds. The topological polar surface area (TPSA) is 85.1 Å². The molecule has 19 heavy (non-hydrogen) atoms. The van der Waals surface area contributed by atoms with Gasteiger partial charge in [-0.1, -0.05) is 12.2 Å². The molecule has 106 valence electrons. The van der Waals surface area contributed by atoms with Gasteiger partial charge in [-0.2, -0.15) is 13.2 Å². The molecule has 0 aliphatic carbocycles. The van der Waals surface area contributed by atoms with E-state index in [0.717, 1.165) is 12.3 Å². The number of hydrogen-bond acceptors (Lipinski definition) is 4. The molecule has 1 rings (SSSR count). The fourth-order valence-corrected chi connectivity index (χ4v) is 2.19. The Hall–Kier alpha value is -1.26. The van der Waals surface area contributed by atoms with E-state index >= 15 is 0 Å². The molecule has 1 aromatic heterocycles. The van der Waals surface area contributed by atoms with Gasteiger partial charge < -0.3 is 5.73 Å². The predicted octanol–water partition coefficient (Wildman–Crippen LogP) is 0.946. The zero-order valence-corrected chi connectivity index (χ0v) is 11.1. The molecule has 1 aromatic rings. The van der Waals surface area contributed by atoms with Gasteiger partial charge in [0.1, 0.15) is 9.88 Å². The van der Waals surface area contributed by atoms with Crippen LogP contribution in [0.2, 0.25) is 0 Å². The smallest absolute Gasteiger partial charge is 0.388 e. The molecule has 0 saturated heterocycles. The highest BCUT2D eigenvalue weighted by molar-refractivity contribution is 7.89. The van der Waals surface area contributed by atoms with Crippen molar-refractivity contribution in [3.05, 3.63) is 24.0 Å². The molecule has 0 fully saturated rings. The second kappa shape index (κ2) is 5.80. The van der Waals surface area contributed by atoms with E-state index in [-0.39, 0.29) is 15.6 Å². The Morgan fingerprint density at radius 1 is 1.42 bits per heavy atom. The van der Waals surface area contributed by atoms with Crippen LogP contribution in [0, 0.1) is 0 Å². The third-order valence-electron chi connectivity index (χ3n) is 2.00. The Bertz CT molecular complexity index is 555. The fourth-order valence-electron chi connectivity index (χ4n) is 1.10. The maximum Gasteiger partial charge on any atom is 0.390 e. The number of sulfonamides is 1. The van der Waals surface area contributed by atoms with Crippen LogP contribution in [0.4, 0.5) is 13.2 Å². The number of nitrogens with zero attached hydrogens (tertiary/aromatic N) is 1. The van der Waals surface area contributed by atoms with Gasteiger partial charge in [-0.3, -0.25) is 4.98 Å². The van der Waals surface area contributed by atoms with Crippen LogP contribution in [0.15, 0.2) is 23.2 Å². The van der Waals surface area contributed by atoms with E-state index in [9.17, 15) is 21.6 Å². The molecule has 1 heterocycles. The number of nitrogens with two attached hydrogens (primary N) is 1. The summed E-state index contributed by atoms with van der Waals surface area (Å²) in [7, 11) is -4.02. The summed E-state index contributed by atoms with van der Waals surface area (Å²) in [4.78, 5) is 3.43. The van der Waals surface area contributed by atoms with E-state index < -0.39 is 29.2 Å². The van der Waals surface area contributed by atoms with E-state index in [0.29, 0.717) is 0 Å². The second-order valence-corrected chi connectivity index (χ2v) is 5.71. The van der Waals surface area contributed by atoms with Crippen molar-refractivity contribution < 1.29 is 21.6 Å². The molecular weight excluding hydrogens is 303 g/mol. The van der Waals surface area contributed by atoms with E-state index in [1.165, 1.54) is 6.07 Å². The maximum absolute atomic E-state index is 11.9. The van der Waals surface area contributed by atoms with Gasteiger partial charge in [0, 0.05) is 12.7 Å². The molecule has 0 spiro atoms. The number of rotatable bonds is 5. The molecule has 10 heteroatoms. The van der Waals surface area contributed by atoms with Crippen molar-refractivity contribution >= 4 is 27.2 Å². The van der Waals surface area contributed by atoms with Crippen LogP contribution >= 0.6 is 12.2 Å². The molecule has 0 aliphatic rings. The average molecular weight is 313 g/mol. The van der Waals surface area contributed by atoms with Gasteiger partial charge in [-0.25, -0.2) is 13.1 Å². The van der Waals surface area contributed by atoms with Crippen LogP contribution in [-0.2, 0) is 10.0 Å². The second-order valence-electron chi connectivity index (χ2n) is 3.51. The van der Waals surface area contributed by atoms with Gasteiger partial charge >= 0.3 is 6.18 Å². The first-order chi connectivity index (χ1) is 8.62. The highest BCUT2D eigenvalue weighted by atomic mass is 32.2. The van der Waals surface area contributed by atoms with Crippen molar-refractivity contribution in [2.24, 2.45) is 5.73 Å². The first kappa shape index (κ1) is 15.8. The van der Waals surface area contributed by atoms with E-state index in [1.807, 2.05) is 4.72 Å². The summed E-state index contributed by atoms with van der Waals surface area (Å²) in [6.45, 7) is -0.733. The Balaban J connectivity index is 2.75. The molecule has 0 atom stereocenters. The molecule has 3 N–H and O–H groups in total. The normalized spacial score (nSPS) is 12.4. The lowest BCUT2D eigenvalue weighted by Gasteiger charge is -2.08. The lowest BCUT2D eigenvalue weighted by Crippen LogP contribution is -2.28. The average Bonchev–Trinajstić information content (AvgIpc) is 2.27. The monoisotopic (exact) mass is 313 g/mol. The van der Waals surface area contributed by atoms with Crippen molar-refractivity contribution in [1.29, 1.82) is 0 Å². The Labute approximate surface area is 113 Å². The summed E-state index contributed by atoms with van der Waals surface area (Å²) in [6, 6.07) is 2.44. The van der Waals surface area contributed by atoms with Gasteiger partial charge in [-0.05, 0) is 12.1 Å². The first-order valence-electron chi connectivity index (χ1n) is 4.94. The van der Waals surface area contributed by atoms with Crippen LogP contribution in [0.5, 0.6) is 0 Å².